The van der Waals surface area contributed by atoms with Gasteiger partial charge in [-0.05, 0) is 44.7 Å². The fourth-order valence-electron chi connectivity index (χ4n) is 2.66. The highest BCUT2D eigenvalue weighted by molar-refractivity contribution is 4.97. The van der Waals surface area contributed by atoms with E-state index < -0.39 is 0 Å². The Morgan fingerprint density at radius 3 is 2.29 bits per heavy atom. The third kappa shape index (κ3) is 1.82. The molecule has 2 nitrogen and oxygen atoms in total. The van der Waals surface area contributed by atoms with Crippen LogP contribution in [0.15, 0.2) is 0 Å². The van der Waals surface area contributed by atoms with Crippen LogP contribution in [-0.2, 0) is 0 Å². The Morgan fingerprint density at radius 1 is 1.21 bits per heavy atom. The Hall–Kier alpha value is -0.0800. The summed E-state index contributed by atoms with van der Waals surface area (Å²) in [4.78, 5) is 2.71. The van der Waals surface area contributed by atoms with Crippen LogP contribution in [0.3, 0.4) is 0 Å². The normalized spacial score (nSPS) is 29.1. The summed E-state index contributed by atoms with van der Waals surface area (Å²) in [5, 5.41) is 3.45. The Bertz CT molecular complexity index is 188. The first-order chi connectivity index (χ1) is 6.62. The third-order valence-electron chi connectivity index (χ3n) is 4.30. The molecular weight excluding hydrogens is 172 g/mol. The summed E-state index contributed by atoms with van der Waals surface area (Å²) >= 11 is 0. The average molecular weight is 196 g/mol. The van der Waals surface area contributed by atoms with Crippen molar-refractivity contribution in [2.45, 2.75) is 39.2 Å². The molecule has 0 atom stereocenters. The van der Waals surface area contributed by atoms with Crippen molar-refractivity contribution in [3.63, 3.8) is 0 Å². The first kappa shape index (κ1) is 10.4. The molecule has 0 saturated carbocycles. The number of hydrogen-bond acceptors (Lipinski definition) is 2. The Morgan fingerprint density at radius 2 is 1.79 bits per heavy atom. The van der Waals surface area contributed by atoms with Gasteiger partial charge in [-0.1, -0.05) is 13.8 Å². The molecule has 0 bridgehead atoms. The summed E-state index contributed by atoms with van der Waals surface area (Å²) in [6.45, 7) is 12.3. The van der Waals surface area contributed by atoms with Crippen LogP contribution in [0.2, 0.25) is 0 Å². The maximum absolute atomic E-state index is 3.45. The van der Waals surface area contributed by atoms with Gasteiger partial charge in [-0.2, -0.15) is 0 Å². The topological polar surface area (TPSA) is 15.3 Å². The lowest BCUT2D eigenvalue weighted by atomic mass is 9.80. The highest BCUT2D eigenvalue weighted by Crippen LogP contribution is 2.34. The van der Waals surface area contributed by atoms with Gasteiger partial charge in [0.05, 0.1) is 0 Å². The highest BCUT2D eigenvalue weighted by Gasteiger charge is 2.41. The summed E-state index contributed by atoms with van der Waals surface area (Å²) in [7, 11) is 0. The molecule has 82 valence electrons. The second-order valence-electron chi connectivity index (χ2n) is 5.66. The van der Waals surface area contributed by atoms with Crippen molar-refractivity contribution in [2.75, 3.05) is 26.2 Å². The lowest BCUT2D eigenvalue weighted by molar-refractivity contribution is -0.0385. The molecule has 2 heteroatoms. The Labute approximate surface area is 88.1 Å². The Kier molecular flexibility index (Phi) is 2.85. The van der Waals surface area contributed by atoms with Gasteiger partial charge >= 0.3 is 0 Å². The van der Waals surface area contributed by atoms with Crippen LogP contribution in [0.4, 0.5) is 0 Å². The predicted octanol–water partition coefficient (Wildman–Crippen LogP) is 1.72. The van der Waals surface area contributed by atoms with Gasteiger partial charge < -0.3 is 5.32 Å². The van der Waals surface area contributed by atoms with Crippen LogP contribution in [-0.4, -0.2) is 36.6 Å². The van der Waals surface area contributed by atoms with Gasteiger partial charge in [0.15, 0.2) is 0 Å². The number of likely N-dealkylation sites (tertiary alicyclic amines) is 1. The van der Waals surface area contributed by atoms with Crippen LogP contribution < -0.4 is 5.32 Å². The molecule has 2 fully saturated rings. The Balaban J connectivity index is 1.85. The molecular formula is C12H24N2. The van der Waals surface area contributed by atoms with E-state index in [0.717, 1.165) is 11.8 Å². The molecule has 0 amide bonds. The van der Waals surface area contributed by atoms with Crippen LogP contribution in [0.25, 0.3) is 0 Å². The van der Waals surface area contributed by atoms with Gasteiger partial charge in [0.2, 0.25) is 0 Å². The van der Waals surface area contributed by atoms with E-state index in [9.17, 15) is 0 Å². The zero-order valence-corrected chi connectivity index (χ0v) is 9.84. The molecule has 0 aliphatic carbocycles. The van der Waals surface area contributed by atoms with E-state index in [1.165, 1.54) is 39.0 Å². The molecule has 1 N–H and O–H groups in total. The SMILES string of the molecule is CC(C)C1CN(C2(C)CCNCC2)C1. The van der Waals surface area contributed by atoms with Crippen molar-refractivity contribution in [3.8, 4) is 0 Å². The third-order valence-corrected chi connectivity index (χ3v) is 4.30. The summed E-state index contributed by atoms with van der Waals surface area (Å²) in [5.74, 6) is 1.83. The minimum atomic E-state index is 0.511. The first-order valence-corrected chi connectivity index (χ1v) is 6.07. The number of hydrogen-bond donors (Lipinski definition) is 1. The lowest BCUT2D eigenvalue weighted by Gasteiger charge is -2.53. The van der Waals surface area contributed by atoms with E-state index in [4.69, 9.17) is 0 Å². The largest absolute Gasteiger partial charge is 0.317 e. The van der Waals surface area contributed by atoms with Crippen molar-refractivity contribution >= 4 is 0 Å². The van der Waals surface area contributed by atoms with Crippen molar-refractivity contribution in [3.05, 3.63) is 0 Å². The number of rotatable bonds is 2. The lowest BCUT2D eigenvalue weighted by Crippen LogP contribution is -2.62. The molecule has 2 heterocycles. The average Bonchev–Trinajstić information content (AvgIpc) is 2.00. The molecule has 0 aromatic carbocycles. The van der Waals surface area contributed by atoms with Gasteiger partial charge in [-0.3, -0.25) is 4.90 Å². The maximum Gasteiger partial charge on any atom is 0.0205 e. The number of nitrogens with zero attached hydrogens (tertiary/aromatic N) is 1. The minimum Gasteiger partial charge on any atom is -0.317 e. The van der Waals surface area contributed by atoms with E-state index in [0.29, 0.717) is 5.54 Å². The van der Waals surface area contributed by atoms with Crippen molar-refractivity contribution in [1.29, 1.82) is 0 Å². The standard InChI is InChI=1S/C12H24N2/c1-10(2)11-8-14(9-11)12(3)4-6-13-7-5-12/h10-11,13H,4-9H2,1-3H3. The molecule has 0 radical (unpaired) electrons. The molecule has 14 heavy (non-hydrogen) atoms. The van der Waals surface area contributed by atoms with Gasteiger partial charge in [0, 0.05) is 18.6 Å². The van der Waals surface area contributed by atoms with Crippen molar-refractivity contribution in [2.24, 2.45) is 11.8 Å². The van der Waals surface area contributed by atoms with E-state index in [1.807, 2.05) is 0 Å². The molecule has 0 aromatic rings. The van der Waals surface area contributed by atoms with Crippen molar-refractivity contribution < 1.29 is 0 Å². The fourth-order valence-corrected chi connectivity index (χ4v) is 2.66. The summed E-state index contributed by atoms with van der Waals surface area (Å²) in [5.41, 5.74) is 0.511. The van der Waals surface area contributed by atoms with Crippen molar-refractivity contribution in [1.82, 2.24) is 10.2 Å². The van der Waals surface area contributed by atoms with E-state index in [2.05, 4.69) is 31.0 Å². The molecule has 0 aromatic heterocycles. The van der Waals surface area contributed by atoms with Gasteiger partial charge in [-0.15, -0.1) is 0 Å². The fraction of sp³-hybridized carbons (Fsp3) is 1.00. The smallest absolute Gasteiger partial charge is 0.0205 e. The summed E-state index contributed by atoms with van der Waals surface area (Å²) in [6.07, 6.45) is 2.66. The maximum atomic E-state index is 3.45. The predicted molar refractivity (Wildman–Crippen MR) is 60.4 cm³/mol. The second kappa shape index (κ2) is 3.82. The molecule has 2 aliphatic heterocycles. The zero-order chi connectivity index (χ0) is 10.2. The van der Waals surface area contributed by atoms with Crippen LogP contribution in [0.1, 0.15) is 33.6 Å². The van der Waals surface area contributed by atoms with Gasteiger partial charge in [0.1, 0.15) is 0 Å². The van der Waals surface area contributed by atoms with Crippen LogP contribution >= 0.6 is 0 Å². The van der Waals surface area contributed by atoms with Gasteiger partial charge in [-0.25, -0.2) is 0 Å². The van der Waals surface area contributed by atoms with E-state index in [-0.39, 0.29) is 0 Å². The number of piperidine rings is 1. The molecule has 2 rings (SSSR count). The highest BCUT2D eigenvalue weighted by atomic mass is 15.3. The summed E-state index contributed by atoms with van der Waals surface area (Å²) in [6, 6.07) is 0. The summed E-state index contributed by atoms with van der Waals surface area (Å²) < 4.78 is 0. The monoisotopic (exact) mass is 196 g/mol. The zero-order valence-electron chi connectivity index (χ0n) is 9.84. The molecule has 0 unspecified atom stereocenters. The second-order valence-corrected chi connectivity index (χ2v) is 5.66. The van der Waals surface area contributed by atoms with Crippen LogP contribution in [0.5, 0.6) is 0 Å². The van der Waals surface area contributed by atoms with Crippen LogP contribution in [0, 0.1) is 11.8 Å². The number of nitrogens with one attached hydrogen (secondary N) is 1. The van der Waals surface area contributed by atoms with E-state index >= 15 is 0 Å². The van der Waals surface area contributed by atoms with Gasteiger partial charge in [0.25, 0.3) is 0 Å². The minimum absolute atomic E-state index is 0.511. The quantitative estimate of drug-likeness (QED) is 0.723. The molecule has 2 aliphatic rings. The molecule has 2 saturated heterocycles. The molecule has 0 spiro atoms. The first-order valence-electron chi connectivity index (χ1n) is 6.07. The van der Waals surface area contributed by atoms with E-state index in [1.54, 1.807) is 0 Å².